The molecule has 0 saturated carbocycles. The van der Waals surface area contributed by atoms with Crippen LogP contribution in [0.4, 0.5) is 4.39 Å². The molecule has 0 unspecified atom stereocenters. The summed E-state index contributed by atoms with van der Waals surface area (Å²) in [5.74, 6) is -0.180. The van der Waals surface area contributed by atoms with E-state index in [2.05, 4.69) is 22.4 Å². The van der Waals surface area contributed by atoms with E-state index in [0.717, 1.165) is 38.3 Å². The van der Waals surface area contributed by atoms with Gasteiger partial charge in [-0.2, -0.15) is 0 Å². The maximum atomic E-state index is 12.7. The largest absolute Gasteiger partial charge is 0.315 e. The minimum atomic E-state index is -0.180. The summed E-state index contributed by atoms with van der Waals surface area (Å²) in [6.07, 6.45) is 5.42. The van der Waals surface area contributed by atoms with Crippen molar-refractivity contribution >= 4 is 18.5 Å². The van der Waals surface area contributed by atoms with Gasteiger partial charge in [-0.15, -0.1) is 12.4 Å². The Balaban J connectivity index is 0.00000162. The quantitative estimate of drug-likeness (QED) is 0.908. The summed E-state index contributed by atoms with van der Waals surface area (Å²) in [6.45, 7) is 5.43. The molecule has 1 saturated heterocycles. The van der Waals surface area contributed by atoms with Crippen LogP contribution in [0.3, 0.4) is 0 Å². The van der Waals surface area contributed by atoms with E-state index in [1.807, 2.05) is 0 Å². The van der Waals surface area contributed by atoms with Gasteiger partial charge in [0.2, 0.25) is 0 Å². The van der Waals surface area contributed by atoms with Crippen LogP contribution in [-0.4, -0.2) is 37.6 Å². The molecule has 2 rings (SSSR count). The van der Waals surface area contributed by atoms with Gasteiger partial charge in [-0.05, 0) is 37.2 Å². The van der Waals surface area contributed by atoms with E-state index in [0.29, 0.717) is 0 Å². The third-order valence-corrected chi connectivity index (χ3v) is 2.98. The van der Waals surface area contributed by atoms with Crippen molar-refractivity contribution in [3.63, 3.8) is 0 Å². The molecule has 100 valence electrons. The van der Waals surface area contributed by atoms with Gasteiger partial charge in [-0.3, -0.25) is 4.90 Å². The lowest BCUT2D eigenvalue weighted by atomic mass is 10.2. The lowest BCUT2D eigenvalue weighted by Crippen LogP contribution is -2.28. The Hall–Kier alpha value is -0.900. The highest BCUT2D eigenvalue weighted by molar-refractivity contribution is 5.85. The van der Waals surface area contributed by atoms with Crippen LogP contribution < -0.4 is 5.32 Å². The van der Waals surface area contributed by atoms with E-state index in [9.17, 15) is 4.39 Å². The normalized spacial score (nSPS) is 17.4. The first-order valence-electron chi connectivity index (χ1n) is 6.20. The molecule has 0 amide bonds. The second-order valence-corrected chi connectivity index (χ2v) is 4.36. The van der Waals surface area contributed by atoms with Crippen molar-refractivity contribution in [2.75, 3.05) is 32.7 Å². The Kier molecular flexibility index (Phi) is 6.94. The first-order valence-corrected chi connectivity index (χ1v) is 6.20. The summed E-state index contributed by atoms with van der Waals surface area (Å²) >= 11 is 0. The smallest absolute Gasteiger partial charge is 0.123 e. The van der Waals surface area contributed by atoms with Gasteiger partial charge in [0.15, 0.2) is 0 Å². The number of halogens is 2. The van der Waals surface area contributed by atoms with Crippen molar-refractivity contribution in [2.45, 2.75) is 6.42 Å². The molecule has 2 nitrogen and oxygen atoms in total. The molecule has 4 heteroatoms. The fourth-order valence-electron chi connectivity index (χ4n) is 2.00. The average Bonchev–Trinajstić information content (AvgIpc) is 2.60. The molecule has 1 aromatic carbocycles. The first kappa shape index (κ1) is 15.2. The molecule has 1 aliphatic rings. The molecular weight excluding hydrogens is 251 g/mol. The van der Waals surface area contributed by atoms with Gasteiger partial charge in [0, 0.05) is 19.6 Å². The van der Waals surface area contributed by atoms with Gasteiger partial charge in [-0.25, -0.2) is 4.39 Å². The summed E-state index contributed by atoms with van der Waals surface area (Å²) in [6, 6.07) is 6.59. The second-order valence-electron chi connectivity index (χ2n) is 4.36. The number of nitrogens with one attached hydrogen (secondary N) is 1. The van der Waals surface area contributed by atoms with Crippen LogP contribution in [0.2, 0.25) is 0 Å². The average molecular weight is 271 g/mol. The van der Waals surface area contributed by atoms with E-state index in [1.165, 1.54) is 18.6 Å². The number of nitrogens with zero attached hydrogens (tertiary/aromatic N) is 1. The van der Waals surface area contributed by atoms with Gasteiger partial charge in [0.25, 0.3) is 0 Å². The zero-order valence-corrected chi connectivity index (χ0v) is 11.3. The molecular formula is C14H20ClFN2. The summed E-state index contributed by atoms with van der Waals surface area (Å²) in [7, 11) is 0. The van der Waals surface area contributed by atoms with Gasteiger partial charge in [0.05, 0.1) is 0 Å². The van der Waals surface area contributed by atoms with E-state index < -0.39 is 0 Å². The maximum Gasteiger partial charge on any atom is 0.123 e. The van der Waals surface area contributed by atoms with Crippen molar-refractivity contribution in [1.29, 1.82) is 0 Å². The second kappa shape index (κ2) is 8.25. The van der Waals surface area contributed by atoms with Gasteiger partial charge in [-0.1, -0.05) is 24.3 Å². The highest BCUT2D eigenvalue weighted by Crippen LogP contribution is 2.05. The molecule has 0 bridgehead atoms. The predicted molar refractivity (Wildman–Crippen MR) is 76.6 cm³/mol. The van der Waals surface area contributed by atoms with Crippen LogP contribution in [0, 0.1) is 5.82 Å². The maximum absolute atomic E-state index is 12.7. The predicted octanol–water partition coefficient (Wildman–Crippen LogP) is 2.56. The van der Waals surface area contributed by atoms with Crippen molar-refractivity contribution in [3.8, 4) is 0 Å². The molecule has 18 heavy (non-hydrogen) atoms. The zero-order chi connectivity index (χ0) is 11.9. The van der Waals surface area contributed by atoms with E-state index in [1.54, 1.807) is 12.1 Å². The lowest BCUT2D eigenvalue weighted by molar-refractivity contribution is 0.324. The van der Waals surface area contributed by atoms with Crippen LogP contribution in [0.15, 0.2) is 30.3 Å². The van der Waals surface area contributed by atoms with Crippen molar-refractivity contribution < 1.29 is 4.39 Å². The third kappa shape index (κ3) is 5.17. The van der Waals surface area contributed by atoms with E-state index in [-0.39, 0.29) is 18.2 Å². The van der Waals surface area contributed by atoms with Crippen molar-refractivity contribution in [1.82, 2.24) is 10.2 Å². The Labute approximate surface area is 114 Å². The first-order chi connectivity index (χ1) is 8.34. The topological polar surface area (TPSA) is 15.3 Å². The van der Waals surface area contributed by atoms with E-state index >= 15 is 0 Å². The fraction of sp³-hybridized carbons (Fsp3) is 0.429. The molecule has 1 N–H and O–H groups in total. The highest BCUT2D eigenvalue weighted by atomic mass is 35.5. The van der Waals surface area contributed by atoms with Gasteiger partial charge >= 0.3 is 0 Å². The molecule has 1 aliphatic heterocycles. The molecule has 1 heterocycles. The number of benzene rings is 1. The van der Waals surface area contributed by atoms with E-state index in [4.69, 9.17) is 0 Å². The van der Waals surface area contributed by atoms with Crippen LogP contribution in [0.5, 0.6) is 0 Å². The summed E-state index contributed by atoms with van der Waals surface area (Å²) in [5, 5.41) is 3.38. The van der Waals surface area contributed by atoms with Crippen molar-refractivity contribution in [3.05, 3.63) is 41.7 Å². The van der Waals surface area contributed by atoms with Crippen LogP contribution >= 0.6 is 12.4 Å². The Morgan fingerprint density at radius 3 is 2.72 bits per heavy atom. The summed E-state index contributed by atoms with van der Waals surface area (Å²) in [5.41, 5.74) is 1.05. The number of hydrogen-bond acceptors (Lipinski definition) is 2. The Morgan fingerprint density at radius 1 is 1.17 bits per heavy atom. The van der Waals surface area contributed by atoms with Gasteiger partial charge in [0.1, 0.15) is 5.82 Å². The third-order valence-electron chi connectivity index (χ3n) is 2.98. The standard InChI is InChI=1S/C14H19FN2.ClH/c15-14-6-4-13(5-7-14)3-1-10-17-11-2-8-16-9-12-17;/h1,3-7,16H,2,8-12H2;1H/b3-1+;. The van der Waals surface area contributed by atoms with Crippen molar-refractivity contribution in [2.24, 2.45) is 0 Å². The Bertz CT molecular complexity index is 357. The molecule has 0 atom stereocenters. The molecule has 0 radical (unpaired) electrons. The van der Waals surface area contributed by atoms with Crippen LogP contribution in [0.1, 0.15) is 12.0 Å². The fourth-order valence-corrected chi connectivity index (χ4v) is 2.00. The summed E-state index contributed by atoms with van der Waals surface area (Å²) < 4.78 is 12.7. The molecule has 0 spiro atoms. The zero-order valence-electron chi connectivity index (χ0n) is 10.4. The number of hydrogen-bond donors (Lipinski definition) is 1. The Morgan fingerprint density at radius 2 is 1.94 bits per heavy atom. The van der Waals surface area contributed by atoms with Crippen LogP contribution in [0.25, 0.3) is 6.08 Å². The molecule has 0 aromatic heterocycles. The SMILES string of the molecule is Cl.Fc1ccc(/C=C/CN2CCCNCC2)cc1. The minimum Gasteiger partial charge on any atom is -0.315 e. The number of rotatable bonds is 3. The summed E-state index contributed by atoms with van der Waals surface area (Å²) in [4.78, 5) is 2.43. The monoisotopic (exact) mass is 270 g/mol. The lowest BCUT2D eigenvalue weighted by Gasteiger charge is -2.16. The minimum absolute atomic E-state index is 0. The molecule has 0 aliphatic carbocycles. The van der Waals surface area contributed by atoms with Gasteiger partial charge < -0.3 is 5.32 Å². The van der Waals surface area contributed by atoms with Crippen LogP contribution in [-0.2, 0) is 0 Å². The highest BCUT2D eigenvalue weighted by Gasteiger charge is 2.05. The molecule has 1 aromatic rings. The molecule has 1 fully saturated rings.